The van der Waals surface area contributed by atoms with Gasteiger partial charge in [-0.25, -0.2) is 4.79 Å². The first-order valence-electron chi connectivity index (χ1n) is 13.3. The number of benzene rings is 4. The van der Waals surface area contributed by atoms with Crippen LogP contribution in [0.4, 0.5) is 11.4 Å². The van der Waals surface area contributed by atoms with Crippen LogP contribution in [-0.2, 0) is 4.79 Å². The predicted molar refractivity (Wildman–Crippen MR) is 165 cm³/mol. The Morgan fingerprint density at radius 3 is 2.29 bits per heavy atom. The molecule has 3 N–H and O–H groups in total. The third-order valence-corrected chi connectivity index (χ3v) is 7.63. The van der Waals surface area contributed by atoms with Crippen LogP contribution in [0.2, 0.25) is 5.02 Å². The Labute approximate surface area is 249 Å². The lowest BCUT2D eigenvalue weighted by atomic mass is 9.86. The molecule has 4 aromatic carbocycles. The Bertz CT molecular complexity index is 1670. The number of halogens is 1. The number of likely N-dealkylation sites (N-methyl/N-ethyl adjacent to an activating group) is 1. The molecule has 1 aliphatic rings. The standard InChI is InChI=1S/C33H32ClN3O5/c1-33(2)32(39)37(3)30-25(36-33)17-16-23(28(30)29(35)24-8-6-7-9-26(24)40-4)22-15-14-21(18-27(22)41-5)42-31(38)19-10-12-20(34)13-11-19/h6-18,29,36H,35H2,1-5H3. The van der Waals surface area contributed by atoms with E-state index >= 15 is 0 Å². The average molecular weight is 586 g/mol. The summed E-state index contributed by atoms with van der Waals surface area (Å²) in [5.41, 5.74) is 11.0. The molecule has 0 radical (unpaired) electrons. The van der Waals surface area contributed by atoms with Crippen LogP contribution in [0.25, 0.3) is 11.1 Å². The lowest BCUT2D eigenvalue weighted by molar-refractivity contribution is -0.121. The van der Waals surface area contributed by atoms with Crippen molar-refractivity contribution in [3.8, 4) is 28.4 Å². The minimum absolute atomic E-state index is 0.1000. The quantitative estimate of drug-likeness (QED) is 0.189. The average Bonchev–Trinajstić information content (AvgIpc) is 2.99. The van der Waals surface area contributed by atoms with Gasteiger partial charge < -0.3 is 30.2 Å². The summed E-state index contributed by atoms with van der Waals surface area (Å²) in [7, 11) is 4.89. The van der Waals surface area contributed by atoms with Crippen molar-refractivity contribution in [3.05, 3.63) is 101 Å². The van der Waals surface area contributed by atoms with Gasteiger partial charge in [-0.1, -0.05) is 35.9 Å². The number of hydrogen-bond donors (Lipinski definition) is 2. The number of rotatable bonds is 7. The van der Waals surface area contributed by atoms with Crippen molar-refractivity contribution >= 4 is 34.9 Å². The van der Waals surface area contributed by atoms with E-state index in [2.05, 4.69) is 5.32 Å². The van der Waals surface area contributed by atoms with Crippen LogP contribution in [0.5, 0.6) is 17.2 Å². The van der Waals surface area contributed by atoms with Crippen molar-refractivity contribution < 1.29 is 23.8 Å². The molecule has 1 unspecified atom stereocenters. The Hall–Kier alpha value is -4.53. The van der Waals surface area contributed by atoms with Crippen LogP contribution in [-0.4, -0.2) is 38.7 Å². The zero-order valence-corrected chi connectivity index (χ0v) is 24.8. The van der Waals surface area contributed by atoms with Crippen LogP contribution in [0.3, 0.4) is 0 Å². The molecular weight excluding hydrogens is 554 g/mol. The fraction of sp³-hybridized carbons (Fsp3) is 0.212. The monoisotopic (exact) mass is 585 g/mol. The third-order valence-electron chi connectivity index (χ3n) is 7.38. The Morgan fingerprint density at radius 1 is 0.929 bits per heavy atom. The summed E-state index contributed by atoms with van der Waals surface area (Å²) in [6.45, 7) is 3.69. The molecule has 216 valence electrons. The van der Waals surface area contributed by atoms with E-state index in [0.29, 0.717) is 44.6 Å². The van der Waals surface area contributed by atoms with Gasteiger partial charge in [0.2, 0.25) is 0 Å². The van der Waals surface area contributed by atoms with Crippen LogP contribution < -0.4 is 30.2 Å². The first-order valence-corrected chi connectivity index (χ1v) is 13.7. The van der Waals surface area contributed by atoms with Gasteiger partial charge in [-0.2, -0.15) is 0 Å². The smallest absolute Gasteiger partial charge is 0.343 e. The highest BCUT2D eigenvalue weighted by molar-refractivity contribution is 6.30. The first-order chi connectivity index (χ1) is 20.1. The maximum absolute atomic E-state index is 13.4. The van der Waals surface area contributed by atoms with E-state index in [0.717, 1.165) is 16.8 Å². The van der Waals surface area contributed by atoms with Gasteiger partial charge in [-0.05, 0) is 67.9 Å². The molecule has 1 amide bonds. The van der Waals surface area contributed by atoms with Crippen molar-refractivity contribution in [1.82, 2.24) is 0 Å². The van der Waals surface area contributed by atoms with Crippen LogP contribution >= 0.6 is 11.6 Å². The number of ether oxygens (including phenoxy) is 3. The van der Waals surface area contributed by atoms with E-state index in [1.807, 2.05) is 56.3 Å². The zero-order valence-electron chi connectivity index (χ0n) is 24.0. The zero-order chi connectivity index (χ0) is 30.2. The van der Waals surface area contributed by atoms with Crippen LogP contribution in [0.1, 0.15) is 41.4 Å². The lowest BCUT2D eigenvalue weighted by Crippen LogP contribution is -2.52. The molecule has 0 aromatic heterocycles. The number of para-hydroxylation sites is 1. The Morgan fingerprint density at radius 2 is 1.60 bits per heavy atom. The third kappa shape index (κ3) is 5.26. The number of hydrogen-bond acceptors (Lipinski definition) is 7. The molecule has 0 saturated heterocycles. The van der Waals surface area contributed by atoms with Crippen molar-refractivity contribution in [2.24, 2.45) is 5.73 Å². The van der Waals surface area contributed by atoms with Gasteiger partial charge in [0, 0.05) is 34.8 Å². The maximum Gasteiger partial charge on any atom is 0.343 e. The summed E-state index contributed by atoms with van der Waals surface area (Å²) >= 11 is 5.95. The molecule has 0 fully saturated rings. The highest BCUT2D eigenvalue weighted by Gasteiger charge is 2.40. The molecule has 1 atom stereocenters. The van der Waals surface area contributed by atoms with Gasteiger partial charge >= 0.3 is 5.97 Å². The number of methoxy groups -OCH3 is 2. The second-order valence-electron chi connectivity index (χ2n) is 10.5. The predicted octanol–water partition coefficient (Wildman–Crippen LogP) is 6.46. The number of carbonyl (C=O) groups is 2. The molecule has 1 heterocycles. The van der Waals surface area contributed by atoms with E-state index in [1.54, 1.807) is 62.6 Å². The number of nitrogens with one attached hydrogen (secondary N) is 1. The number of anilines is 2. The molecule has 0 saturated carbocycles. The minimum atomic E-state index is -0.803. The summed E-state index contributed by atoms with van der Waals surface area (Å²) < 4.78 is 17.1. The van der Waals surface area contributed by atoms with E-state index in [-0.39, 0.29) is 5.91 Å². The van der Waals surface area contributed by atoms with Crippen molar-refractivity contribution in [3.63, 3.8) is 0 Å². The van der Waals surface area contributed by atoms with Gasteiger partial charge in [0.05, 0.1) is 37.2 Å². The summed E-state index contributed by atoms with van der Waals surface area (Å²) in [6, 6.07) is 22.4. The number of nitrogens with two attached hydrogens (primary N) is 1. The molecule has 42 heavy (non-hydrogen) atoms. The Kier molecular flexibility index (Phi) is 7.86. The molecule has 8 nitrogen and oxygen atoms in total. The van der Waals surface area contributed by atoms with Gasteiger partial charge in [0.25, 0.3) is 5.91 Å². The maximum atomic E-state index is 13.4. The molecular formula is C33H32ClN3O5. The fourth-order valence-electron chi connectivity index (χ4n) is 5.32. The second kappa shape index (κ2) is 11.4. The largest absolute Gasteiger partial charge is 0.496 e. The molecule has 5 rings (SSSR count). The van der Waals surface area contributed by atoms with E-state index in [9.17, 15) is 9.59 Å². The number of carbonyl (C=O) groups excluding carboxylic acids is 2. The van der Waals surface area contributed by atoms with E-state index in [4.69, 9.17) is 31.5 Å². The number of nitrogens with zero attached hydrogens (tertiary/aromatic N) is 1. The molecule has 0 bridgehead atoms. The highest BCUT2D eigenvalue weighted by atomic mass is 35.5. The molecule has 1 aliphatic heterocycles. The summed E-state index contributed by atoms with van der Waals surface area (Å²) in [5.74, 6) is 0.769. The molecule has 9 heteroatoms. The van der Waals surface area contributed by atoms with Crippen LogP contribution in [0, 0.1) is 0 Å². The summed E-state index contributed by atoms with van der Waals surface area (Å²) in [4.78, 5) is 27.8. The van der Waals surface area contributed by atoms with E-state index < -0.39 is 17.6 Å². The van der Waals surface area contributed by atoms with Crippen molar-refractivity contribution in [1.29, 1.82) is 0 Å². The van der Waals surface area contributed by atoms with Gasteiger partial charge in [-0.3, -0.25) is 4.79 Å². The summed E-state index contributed by atoms with van der Waals surface area (Å²) in [5, 5.41) is 3.90. The minimum Gasteiger partial charge on any atom is -0.496 e. The van der Waals surface area contributed by atoms with Gasteiger partial charge in [0.15, 0.2) is 0 Å². The second-order valence-corrected chi connectivity index (χ2v) is 11.0. The molecule has 4 aromatic rings. The first kappa shape index (κ1) is 29.0. The Balaban J connectivity index is 1.65. The van der Waals surface area contributed by atoms with Gasteiger partial charge in [0.1, 0.15) is 22.8 Å². The van der Waals surface area contributed by atoms with Gasteiger partial charge in [-0.15, -0.1) is 0 Å². The highest BCUT2D eigenvalue weighted by Crippen LogP contribution is 2.48. The van der Waals surface area contributed by atoms with Crippen LogP contribution in [0.15, 0.2) is 78.9 Å². The topological polar surface area (TPSA) is 103 Å². The number of esters is 1. The number of amides is 1. The normalized spacial score (nSPS) is 14.5. The number of fused-ring (bicyclic) bond motifs is 1. The molecule has 0 spiro atoms. The SMILES string of the molecule is COc1cc(OC(=O)c2ccc(Cl)cc2)ccc1-c1ccc2c(c1C(N)c1ccccc1OC)N(C)C(=O)C(C)(C)N2. The van der Waals surface area contributed by atoms with Crippen molar-refractivity contribution in [2.75, 3.05) is 31.5 Å². The lowest BCUT2D eigenvalue weighted by Gasteiger charge is -2.40. The fourth-order valence-corrected chi connectivity index (χ4v) is 5.45. The molecule has 0 aliphatic carbocycles. The van der Waals surface area contributed by atoms with Crippen molar-refractivity contribution in [2.45, 2.75) is 25.4 Å². The van der Waals surface area contributed by atoms with E-state index in [1.165, 1.54) is 0 Å². The summed E-state index contributed by atoms with van der Waals surface area (Å²) in [6.07, 6.45) is 0.